The van der Waals surface area contributed by atoms with Crippen molar-refractivity contribution in [2.24, 2.45) is 0 Å². The Kier molecular flexibility index (Phi) is 2.77. The largest absolute Gasteiger partial charge is 0.335 e. The number of hydrogen-bond donors (Lipinski definition) is 1. The number of hydrogen-bond acceptors (Lipinski definition) is 1. The van der Waals surface area contributed by atoms with E-state index >= 15 is 0 Å². The van der Waals surface area contributed by atoms with E-state index in [0.29, 0.717) is 6.04 Å². The van der Waals surface area contributed by atoms with Gasteiger partial charge in [-0.25, -0.2) is 0 Å². The van der Waals surface area contributed by atoms with Gasteiger partial charge in [-0.2, -0.15) is 0 Å². The highest BCUT2D eigenvalue weighted by atomic mass is 32.1. The zero-order valence-electron chi connectivity index (χ0n) is 8.97. The first-order valence-corrected chi connectivity index (χ1v) is 5.88. The van der Waals surface area contributed by atoms with Crippen molar-refractivity contribution in [3.05, 3.63) is 16.2 Å². The van der Waals surface area contributed by atoms with Gasteiger partial charge in [-0.05, 0) is 38.9 Å². The average molecular weight is 210 g/mol. The van der Waals surface area contributed by atoms with Crippen LogP contribution < -0.4 is 0 Å². The van der Waals surface area contributed by atoms with Crippen molar-refractivity contribution in [2.45, 2.75) is 52.0 Å². The maximum Gasteiger partial charge on any atom is 0.177 e. The summed E-state index contributed by atoms with van der Waals surface area (Å²) >= 11 is 5.35. The minimum atomic E-state index is 0.654. The summed E-state index contributed by atoms with van der Waals surface area (Å²) in [5.41, 5.74) is 2.54. The Hall–Kier alpha value is -0.570. The van der Waals surface area contributed by atoms with Gasteiger partial charge in [0, 0.05) is 17.4 Å². The smallest absolute Gasteiger partial charge is 0.177 e. The molecule has 0 aliphatic heterocycles. The van der Waals surface area contributed by atoms with E-state index in [4.69, 9.17) is 12.2 Å². The zero-order valence-corrected chi connectivity index (χ0v) is 9.78. The number of imidazole rings is 1. The monoisotopic (exact) mass is 210 g/mol. The van der Waals surface area contributed by atoms with Crippen molar-refractivity contribution in [2.75, 3.05) is 0 Å². The summed E-state index contributed by atoms with van der Waals surface area (Å²) < 4.78 is 3.23. The van der Waals surface area contributed by atoms with Crippen LogP contribution in [-0.4, -0.2) is 9.55 Å². The molecule has 1 aromatic heterocycles. The molecule has 0 bridgehead atoms. The number of aromatic nitrogens is 2. The molecule has 1 aliphatic rings. The Bertz CT molecular complexity index is 369. The molecule has 1 N–H and O–H groups in total. The fourth-order valence-corrected chi connectivity index (χ4v) is 2.86. The predicted octanol–water partition coefficient (Wildman–Crippen LogP) is 3.67. The normalized spacial score (nSPS) is 18.7. The van der Waals surface area contributed by atoms with Gasteiger partial charge in [0.25, 0.3) is 0 Å². The van der Waals surface area contributed by atoms with Crippen molar-refractivity contribution in [1.82, 2.24) is 9.55 Å². The zero-order chi connectivity index (χ0) is 10.1. The Morgan fingerprint density at radius 3 is 2.36 bits per heavy atom. The van der Waals surface area contributed by atoms with E-state index in [9.17, 15) is 0 Å². The summed E-state index contributed by atoms with van der Waals surface area (Å²) in [5.74, 6) is 0. The predicted molar refractivity (Wildman–Crippen MR) is 61.2 cm³/mol. The van der Waals surface area contributed by atoms with Crippen LogP contribution in [-0.2, 0) is 0 Å². The van der Waals surface area contributed by atoms with Gasteiger partial charge in [0.1, 0.15) is 0 Å². The number of nitrogens with one attached hydrogen (secondary N) is 1. The Morgan fingerprint density at radius 2 is 1.86 bits per heavy atom. The fourth-order valence-electron chi connectivity index (χ4n) is 2.42. The molecule has 0 aromatic carbocycles. The quantitative estimate of drug-likeness (QED) is 0.701. The van der Waals surface area contributed by atoms with Gasteiger partial charge in [-0.15, -0.1) is 0 Å². The molecule has 1 fully saturated rings. The van der Waals surface area contributed by atoms with Gasteiger partial charge in [0.15, 0.2) is 4.77 Å². The topological polar surface area (TPSA) is 20.7 Å². The molecule has 1 saturated carbocycles. The molecule has 1 aromatic rings. The lowest BCUT2D eigenvalue weighted by Gasteiger charge is -2.24. The Balaban J connectivity index is 2.34. The van der Waals surface area contributed by atoms with E-state index in [1.807, 2.05) is 0 Å². The molecule has 1 aliphatic carbocycles. The number of aromatic amines is 1. The first-order valence-electron chi connectivity index (χ1n) is 5.48. The molecule has 14 heavy (non-hydrogen) atoms. The molecule has 2 nitrogen and oxygen atoms in total. The maximum atomic E-state index is 5.35. The van der Waals surface area contributed by atoms with Crippen LogP contribution in [0.25, 0.3) is 0 Å². The molecule has 0 atom stereocenters. The molecular formula is C11H18N2S. The summed E-state index contributed by atoms with van der Waals surface area (Å²) in [6.45, 7) is 4.26. The lowest BCUT2D eigenvalue weighted by molar-refractivity contribution is 0.346. The molecule has 3 heteroatoms. The van der Waals surface area contributed by atoms with Crippen molar-refractivity contribution in [1.29, 1.82) is 0 Å². The second-order valence-electron chi connectivity index (χ2n) is 4.30. The van der Waals surface area contributed by atoms with E-state index in [2.05, 4.69) is 23.4 Å². The second-order valence-corrected chi connectivity index (χ2v) is 4.69. The first-order chi connectivity index (χ1) is 6.70. The third kappa shape index (κ3) is 1.65. The van der Waals surface area contributed by atoms with Crippen LogP contribution in [0.3, 0.4) is 0 Å². The van der Waals surface area contributed by atoms with Crippen LogP contribution in [0.4, 0.5) is 0 Å². The molecule has 0 spiro atoms. The highest BCUT2D eigenvalue weighted by Crippen LogP contribution is 2.29. The summed E-state index contributed by atoms with van der Waals surface area (Å²) in [5, 5.41) is 0. The maximum absolute atomic E-state index is 5.35. The lowest BCUT2D eigenvalue weighted by Crippen LogP contribution is -2.14. The molecular weight excluding hydrogens is 192 g/mol. The van der Waals surface area contributed by atoms with Crippen molar-refractivity contribution >= 4 is 12.2 Å². The highest BCUT2D eigenvalue weighted by Gasteiger charge is 2.18. The summed E-state index contributed by atoms with van der Waals surface area (Å²) in [6.07, 6.45) is 6.71. The summed E-state index contributed by atoms with van der Waals surface area (Å²) in [7, 11) is 0. The van der Waals surface area contributed by atoms with E-state index in [1.54, 1.807) is 0 Å². The van der Waals surface area contributed by atoms with Crippen LogP contribution in [0.5, 0.6) is 0 Å². The van der Waals surface area contributed by atoms with Gasteiger partial charge in [0.2, 0.25) is 0 Å². The third-order valence-corrected chi connectivity index (χ3v) is 3.66. The fraction of sp³-hybridized carbons (Fsp3) is 0.727. The summed E-state index contributed by atoms with van der Waals surface area (Å²) in [6, 6.07) is 0.654. The summed E-state index contributed by atoms with van der Waals surface area (Å²) in [4.78, 5) is 3.25. The van der Waals surface area contributed by atoms with Crippen LogP contribution in [0.1, 0.15) is 49.5 Å². The molecule has 0 amide bonds. The van der Waals surface area contributed by atoms with Crippen LogP contribution in [0, 0.1) is 18.6 Å². The first kappa shape index (κ1) is 9.97. The average Bonchev–Trinajstić information content (AvgIpc) is 2.43. The third-order valence-electron chi connectivity index (χ3n) is 3.36. The van der Waals surface area contributed by atoms with E-state index in [-0.39, 0.29) is 0 Å². The number of aryl methyl sites for hydroxylation is 1. The van der Waals surface area contributed by atoms with Gasteiger partial charge >= 0.3 is 0 Å². The molecule has 2 rings (SSSR count). The number of H-pyrrole nitrogens is 1. The van der Waals surface area contributed by atoms with Crippen molar-refractivity contribution in [3.63, 3.8) is 0 Å². The minimum Gasteiger partial charge on any atom is -0.335 e. The van der Waals surface area contributed by atoms with Crippen molar-refractivity contribution < 1.29 is 0 Å². The molecule has 0 saturated heterocycles. The van der Waals surface area contributed by atoms with Gasteiger partial charge in [0.05, 0.1) is 0 Å². The Labute approximate surface area is 90.3 Å². The van der Waals surface area contributed by atoms with Gasteiger partial charge in [-0.3, -0.25) is 0 Å². The van der Waals surface area contributed by atoms with Gasteiger partial charge in [-0.1, -0.05) is 19.3 Å². The van der Waals surface area contributed by atoms with E-state index in [0.717, 1.165) is 4.77 Å². The molecule has 0 unspecified atom stereocenters. The number of rotatable bonds is 1. The molecule has 0 radical (unpaired) electrons. The van der Waals surface area contributed by atoms with Crippen LogP contribution >= 0.6 is 12.2 Å². The van der Waals surface area contributed by atoms with Crippen LogP contribution in [0.2, 0.25) is 0 Å². The molecule has 1 heterocycles. The minimum absolute atomic E-state index is 0.654. The number of nitrogens with zero attached hydrogens (tertiary/aromatic N) is 1. The molecule has 78 valence electrons. The highest BCUT2D eigenvalue weighted by molar-refractivity contribution is 7.71. The van der Waals surface area contributed by atoms with Gasteiger partial charge < -0.3 is 9.55 Å². The van der Waals surface area contributed by atoms with Crippen molar-refractivity contribution in [3.8, 4) is 0 Å². The second kappa shape index (κ2) is 3.89. The van der Waals surface area contributed by atoms with E-state index < -0.39 is 0 Å². The standard InChI is InChI=1S/C11H18N2S/c1-8-9(2)13(11(14)12-8)10-6-4-3-5-7-10/h10H,3-7H2,1-2H3,(H,12,14). The Morgan fingerprint density at radius 1 is 1.21 bits per heavy atom. The van der Waals surface area contributed by atoms with E-state index in [1.165, 1.54) is 43.5 Å². The SMILES string of the molecule is Cc1[nH]c(=S)n(C2CCCCC2)c1C. The van der Waals surface area contributed by atoms with Crippen LogP contribution in [0.15, 0.2) is 0 Å². The lowest BCUT2D eigenvalue weighted by atomic mass is 9.95.